The summed E-state index contributed by atoms with van der Waals surface area (Å²) in [5.74, 6) is 0.588. The van der Waals surface area contributed by atoms with Crippen LogP contribution in [-0.2, 0) is 0 Å². The van der Waals surface area contributed by atoms with Crippen molar-refractivity contribution in [3.05, 3.63) is 59.9 Å². The highest BCUT2D eigenvalue weighted by atomic mass is 14.7. The minimum absolute atomic E-state index is 0.588. The highest BCUT2D eigenvalue weighted by Gasteiger charge is 2.19. The van der Waals surface area contributed by atoms with E-state index < -0.39 is 0 Å². The molecule has 0 saturated heterocycles. The van der Waals surface area contributed by atoms with Crippen LogP contribution >= 0.6 is 0 Å². The second kappa shape index (κ2) is 5.93. The van der Waals surface area contributed by atoms with Crippen molar-refractivity contribution in [3.8, 4) is 17.2 Å². The zero-order chi connectivity index (χ0) is 15.6. The van der Waals surface area contributed by atoms with Crippen LogP contribution in [0.15, 0.2) is 48.5 Å². The van der Waals surface area contributed by atoms with Crippen LogP contribution in [-0.4, -0.2) is 4.98 Å². The Kier molecular flexibility index (Phi) is 3.63. The molecule has 2 aromatic carbocycles. The van der Waals surface area contributed by atoms with Crippen molar-refractivity contribution >= 4 is 10.8 Å². The Morgan fingerprint density at radius 1 is 0.913 bits per heavy atom. The molecular weight excluding hydrogens is 280 g/mol. The van der Waals surface area contributed by atoms with Gasteiger partial charge in [-0.1, -0.05) is 55.7 Å². The van der Waals surface area contributed by atoms with Crippen molar-refractivity contribution in [2.75, 3.05) is 0 Å². The Morgan fingerprint density at radius 3 is 2.48 bits per heavy atom. The van der Waals surface area contributed by atoms with Crippen LogP contribution in [0.3, 0.4) is 0 Å². The lowest BCUT2D eigenvalue weighted by Gasteiger charge is -2.20. The normalized spacial score (nSPS) is 15.6. The molecule has 4 rings (SSSR count). The first kappa shape index (κ1) is 14.1. The number of aromatic amines is 1. The predicted molar refractivity (Wildman–Crippen MR) is 94.3 cm³/mol. The van der Waals surface area contributed by atoms with Gasteiger partial charge in [0, 0.05) is 11.3 Å². The van der Waals surface area contributed by atoms with Crippen LogP contribution in [0, 0.1) is 11.3 Å². The number of fused-ring (bicyclic) bond motifs is 1. The van der Waals surface area contributed by atoms with Gasteiger partial charge in [0.15, 0.2) is 0 Å². The Labute approximate surface area is 136 Å². The van der Waals surface area contributed by atoms with Gasteiger partial charge in [-0.15, -0.1) is 0 Å². The molecule has 2 heteroatoms. The fraction of sp³-hybridized carbons (Fsp3) is 0.286. The van der Waals surface area contributed by atoms with Crippen molar-refractivity contribution < 1.29 is 0 Å². The summed E-state index contributed by atoms with van der Waals surface area (Å²) in [4.78, 5) is 3.39. The standard InChI is InChI=1S/C21H20N2/c22-14-21-19(13-20(23-21)16-7-2-1-3-8-16)18-11-10-15-6-4-5-9-17(15)12-18/h4-6,9-13,16,23H,1-3,7-8H2. The average Bonchev–Trinajstić information content (AvgIpc) is 3.06. The van der Waals surface area contributed by atoms with E-state index in [2.05, 4.69) is 59.6 Å². The summed E-state index contributed by atoms with van der Waals surface area (Å²) in [6, 6.07) is 19.4. The van der Waals surface area contributed by atoms with E-state index in [1.54, 1.807) is 0 Å². The maximum atomic E-state index is 9.52. The number of nitrogens with one attached hydrogen (secondary N) is 1. The van der Waals surface area contributed by atoms with Crippen LogP contribution in [0.5, 0.6) is 0 Å². The molecule has 1 aromatic heterocycles. The van der Waals surface area contributed by atoms with Crippen molar-refractivity contribution in [2.45, 2.75) is 38.0 Å². The van der Waals surface area contributed by atoms with Gasteiger partial charge in [-0.2, -0.15) is 5.26 Å². The van der Waals surface area contributed by atoms with E-state index >= 15 is 0 Å². The number of hydrogen-bond acceptors (Lipinski definition) is 1. The molecule has 0 aliphatic heterocycles. The number of hydrogen-bond donors (Lipinski definition) is 1. The molecule has 0 atom stereocenters. The van der Waals surface area contributed by atoms with E-state index in [4.69, 9.17) is 0 Å². The van der Waals surface area contributed by atoms with Gasteiger partial charge in [0.05, 0.1) is 0 Å². The lowest BCUT2D eigenvalue weighted by atomic mass is 9.87. The molecular formula is C21H20N2. The van der Waals surface area contributed by atoms with Gasteiger partial charge < -0.3 is 4.98 Å². The number of H-pyrrole nitrogens is 1. The van der Waals surface area contributed by atoms with E-state index in [1.807, 2.05) is 0 Å². The molecule has 0 radical (unpaired) electrons. The number of rotatable bonds is 2. The molecule has 23 heavy (non-hydrogen) atoms. The number of nitrogens with zero attached hydrogens (tertiary/aromatic N) is 1. The van der Waals surface area contributed by atoms with Crippen LogP contribution in [0.4, 0.5) is 0 Å². The fourth-order valence-electron chi connectivity index (χ4n) is 3.78. The molecule has 1 saturated carbocycles. The van der Waals surface area contributed by atoms with E-state index in [9.17, 15) is 5.26 Å². The van der Waals surface area contributed by atoms with Crippen LogP contribution in [0.1, 0.15) is 49.4 Å². The van der Waals surface area contributed by atoms with Crippen molar-refractivity contribution in [1.29, 1.82) is 5.26 Å². The van der Waals surface area contributed by atoms with E-state index in [1.165, 1.54) is 48.6 Å². The van der Waals surface area contributed by atoms with Gasteiger partial charge in [-0.25, -0.2) is 0 Å². The van der Waals surface area contributed by atoms with E-state index in [0.717, 1.165) is 11.1 Å². The monoisotopic (exact) mass is 300 g/mol. The third kappa shape index (κ3) is 2.64. The molecule has 0 amide bonds. The largest absolute Gasteiger partial charge is 0.350 e. The zero-order valence-electron chi connectivity index (χ0n) is 13.2. The molecule has 1 N–H and O–H groups in total. The molecule has 2 nitrogen and oxygen atoms in total. The van der Waals surface area contributed by atoms with Gasteiger partial charge in [-0.05, 0) is 47.2 Å². The van der Waals surface area contributed by atoms with E-state index in [-0.39, 0.29) is 0 Å². The third-order valence-electron chi connectivity index (χ3n) is 5.06. The average molecular weight is 300 g/mol. The molecule has 0 spiro atoms. The predicted octanol–water partition coefficient (Wildman–Crippen LogP) is 5.75. The van der Waals surface area contributed by atoms with Gasteiger partial charge in [0.25, 0.3) is 0 Å². The minimum Gasteiger partial charge on any atom is -0.350 e. The second-order valence-electron chi connectivity index (χ2n) is 6.52. The molecule has 0 unspecified atom stereocenters. The zero-order valence-corrected chi connectivity index (χ0v) is 13.2. The summed E-state index contributed by atoms with van der Waals surface area (Å²) < 4.78 is 0. The first-order valence-corrected chi connectivity index (χ1v) is 8.47. The number of nitriles is 1. The Hall–Kier alpha value is -2.53. The highest BCUT2D eigenvalue weighted by Crippen LogP contribution is 2.36. The topological polar surface area (TPSA) is 39.6 Å². The van der Waals surface area contributed by atoms with Crippen LogP contribution in [0.2, 0.25) is 0 Å². The van der Waals surface area contributed by atoms with E-state index in [0.29, 0.717) is 11.6 Å². The molecule has 1 heterocycles. The minimum atomic E-state index is 0.588. The summed E-state index contributed by atoms with van der Waals surface area (Å²) in [6.07, 6.45) is 6.43. The fourth-order valence-corrected chi connectivity index (χ4v) is 3.78. The quantitative estimate of drug-likeness (QED) is 0.642. The second-order valence-corrected chi connectivity index (χ2v) is 6.52. The summed E-state index contributed by atoms with van der Waals surface area (Å²) >= 11 is 0. The number of aromatic nitrogens is 1. The summed E-state index contributed by atoms with van der Waals surface area (Å²) in [6.45, 7) is 0. The highest BCUT2D eigenvalue weighted by molar-refractivity contribution is 5.88. The lowest BCUT2D eigenvalue weighted by molar-refractivity contribution is 0.438. The smallest absolute Gasteiger partial charge is 0.125 e. The molecule has 114 valence electrons. The van der Waals surface area contributed by atoms with Gasteiger partial charge in [-0.3, -0.25) is 0 Å². The van der Waals surface area contributed by atoms with Crippen molar-refractivity contribution in [3.63, 3.8) is 0 Å². The van der Waals surface area contributed by atoms with Gasteiger partial charge >= 0.3 is 0 Å². The maximum absolute atomic E-state index is 9.52. The Morgan fingerprint density at radius 2 is 1.70 bits per heavy atom. The molecule has 1 aliphatic rings. The summed E-state index contributed by atoms with van der Waals surface area (Å²) in [5.41, 5.74) is 4.10. The van der Waals surface area contributed by atoms with Crippen molar-refractivity contribution in [1.82, 2.24) is 4.98 Å². The van der Waals surface area contributed by atoms with Crippen LogP contribution < -0.4 is 0 Å². The Bertz CT molecular complexity index is 876. The van der Waals surface area contributed by atoms with Gasteiger partial charge in [0.1, 0.15) is 11.8 Å². The maximum Gasteiger partial charge on any atom is 0.125 e. The lowest BCUT2D eigenvalue weighted by Crippen LogP contribution is -2.04. The molecule has 0 bridgehead atoms. The summed E-state index contributed by atoms with van der Waals surface area (Å²) in [7, 11) is 0. The van der Waals surface area contributed by atoms with Gasteiger partial charge in [0.2, 0.25) is 0 Å². The van der Waals surface area contributed by atoms with Crippen molar-refractivity contribution in [2.24, 2.45) is 0 Å². The van der Waals surface area contributed by atoms with Crippen LogP contribution in [0.25, 0.3) is 21.9 Å². The molecule has 1 aliphatic carbocycles. The molecule has 3 aromatic rings. The first-order chi connectivity index (χ1) is 11.3. The molecule has 1 fully saturated rings. The Balaban J connectivity index is 1.77. The summed E-state index contributed by atoms with van der Waals surface area (Å²) in [5, 5.41) is 12.0. The number of benzene rings is 2. The first-order valence-electron chi connectivity index (χ1n) is 8.47. The SMILES string of the molecule is N#Cc1[nH]c(C2CCCCC2)cc1-c1ccc2ccccc2c1. The third-order valence-corrected chi connectivity index (χ3v) is 5.06.